The van der Waals surface area contributed by atoms with Crippen LogP contribution in [0.5, 0.6) is 0 Å². The van der Waals surface area contributed by atoms with Gasteiger partial charge in [0.05, 0.1) is 5.03 Å². The largest absolute Gasteiger partial charge is 0.373 e. The first-order valence-corrected chi connectivity index (χ1v) is 5.61. The summed E-state index contributed by atoms with van der Waals surface area (Å²) in [5, 5.41) is 0.464. The lowest BCUT2D eigenvalue weighted by Gasteiger charge is -2.16. The Morgan fingerprint density at radius 3 is 2.12 bits per heavy atom. The molecule has 1 aromatic carbocycles. The number of methoxy groups -OCH3 is 3. The van der Waals surface area contributed by atoms with Gasteiger partial charge < -0.3 is 14.2 Å². The third-order valence-electron chi connectivity index (χ3n) is 2.35. The maximum Gasteiger partial charge on any atom is 0.193 e. The summed E-state index contributed by atoms with van der Waals surface area (Å²) in [5.41, 5.74) is 1.03. The van der Waals surface area contributed by atoms with Gasteiger partial charge in [-0.05, 0) is 11.6 Å². The van der Waals surface area contributed by atoms with Gasteiger partial charge in [-0.2, -0.15) is 0 Å². The Morgan fingerprint density at radius 2 is 1.65 bits per heavy atom. The molecule has 0 aliphatic rings. The van der Waals surface area contributed by atoms with Gasteiger partial charge in [0.25, 0.3) is 0 Å². The topological polar surface area (TPSA) is 27.7 Å². The molecule has 1 rings (SSSR count). The average molecular weight is 257 g/mol. The summed E-state index contributed by atoms with van der Waals surface area (Å²) in [6.45, 7) is 0. The predicted octanol–water partition coefficient (Wildman–Crippen LogP) is 3.12. The first-order chi connectivity index (χ1) is 8.22. The first-order valence-electron chi connectivity index (χ1n) is 5.23. The van der Waals surface area contributed by atoms with E-state index < -0.39 is 6.29 Å². The lowest BCUT2D eigenvalue weighted by molar-refractivity contribution is -0.0706. The highest BCUT2D eigenvalue weighted by atomic mass is 35.5. The van der Waals surface area contributed by atoms with E-state index in [0.29, 0.717) is 5.03 Å². The van der Waals surface area contributed by atoms with Crippen LogP contribution in [0.1, 0.15) is 11.7 Å². The van der Waals surface area contributed by atoms with Crippen LogP contribution in [0.25, 0.3) is 0 Å². The SMILES string of the molecule is COC(OC)/C(Cl)=C/C(OC)c1ccccc1. The minimum atomic E-state index is -0.557. The third kappa shape index (κ3) is 4.13. The smallest absolute Gasteiger partial charge is 0.193 e. The van der Waals surface area contributed by atoms with Crippen LogP contribution in [0, 0.1) is 0 Å². The van der Waals surface area contributed by atoms with Gasteiger partial charge in [-0.15, -0.1) is 0 Å². The molecule has 0 saturated carbocycles. The molecule has 0 N–H and O–H groups in total. The van der Waals surface area contributed by atoms with Crippen molar-refractivity contribution in [1.82, 2.24) is 0 Å². The Kier molecular flexibility index (Phi) is 6.22. The van der Waals surface area contributed by atoms with Crippen molar-refractivity contribution < 1.29 is 14.2 Å². The fourth-order valence-electron chi connectivity index (χ4n) is 1.49. The molecule has 94 valence electrons. The van der Waals surface area contributed by atoms with E-state index in [4.69, 9.17) is 25.8 Å². The van der Waals surface area contributed by atoms with Gasteiger partial charge in [0, 0.05) is 21.3 Å². The maximum absolute atomic E-state index is 6.10. The number of ether oxygens (including phenoxy) is 3. The zero-order valence-corrected chi connectivity index (χ0v) is 11.0. The van der Waals surface area contributed by atoms with Gasteiger partial charge >= 0.3 is 0 Å². The molecule has 0 bridgehead atoms. The minimum Gasteiger partial charge on any atom is -0.373 e. The summed E-state index contributed by atoms with van der Waals surface area (Å²) in [5.74, 6) is 0. The molecule has 0 aromatic heterocycles. The normalized spacial score (nSPS) is 14.1. The summed E-state index contributed by atoms with van der Waals surface area (Å²) >= 11 is 6.10. The lowest BCUT2D eigenvalue weighted by Crippen LogP contribution is -2.14. The van der Waals surface area contributed by atoms with Crippen LogP contribution in [-0.2, 0) is 14.2 Å². The van der Waals surface area contributed by atoms with Crippen LogP contribution < -0.4 is 0 Å². The second-order valence-electron chi connectivity index (χ2n) is 3.42. The van der Waals surface area contributed by atoms with Crippen molar-refractivity contribution in [1.29, 1.82) is 0 Å². The molecule has 0 aliphatic carbocycles. The average Bonchev–Trinajstić information content (AvgIpc) is 2.38. The zero-order chi connectivity index (χ0) is 12.7. The Hall–Kier alpha value is -0.870. The van der Waals surface area contributed by atoms with E-state index in [1.807, 2.05) is 30.3 Å². The van der Waals surface area contributed by atoms with Gasteiger partial charge in [-0.3, -0.25) is 0 Å². The Balaban J connectivity index is 2.86. The summed E-state index contributed by atoms with van der Waals surface area (Å²) in [6.07, 6.45) is 1.00. The molecule has 0 radical (unpaired) electrons. The number of rotatable bonds is 6. The first kappa shape index (κ1) is 14.2. The van der Waals surface area contributed by atoms with E-state index in [9.17, 15) is 0 Å². The highest BCUT2D eigenvalue weighted by Gasteiger charge is 2.14. The van der Waals surface area contributed by atoms with Crippen LogP contribution in [-0.4, -0.2) is 27.6 Å². The van der Waals surface area contributed by atoms with Crippen LogP contribution >= 0.6 is 11.6 Å². The maximum atomic E-state index is 6.10. The van der Waals surface area contributed by atoms with Gasteiger partial charge in [-0.25, -0.2) is 0 Å². The molecule has 1 aromatic rings. The second kappa shape index (κ2) is 7.45. The molecule has 1 unspecified atom stereocenters. The summed E-state index contributed by atoms with van der Waals surface area (Å²) in [4.78, 5) is 0. The molecule has 0 heterocycles. The molecule has 0 spiro atoms. The predicted molar refractivity (Wildman–Crippen MR) is 67.9 cm³/mol. The molecule has 1 atom stereocenters. The Labute approximate surface area is 107 Å². The highest BCUT2D eigenvalue weighted by Crippen LogP contribution is 2.23. The highest BCUT2D eigenvalue weighted by molar-refractivity contribution is 6.30. The number of hydrogen-bond donors (Lipinski definition) is 0. The fourth-order valence-corrected chi connectivity index (χ4v) is 1.78. The monoisotopic (exact) mass is 256 g/mol. The van der Waals surface area contributed by atoms with Crippen LogP contribution in [0.2, 0.25) is 0 Å². The van der Waals surface area contributed by atoms with E-state index >= 15 is 0 Å². The van der Waals surface area contributed by atoms with Gasteiger partial charge in [0.2, 0.25) is 0 Å². The number of hydrogen-bond acceptors (Lipinski definition) is 3. The number of benzene rings is 1. The molecule has 3 nitrogen and oxygen atoms in total. The van der Waals surface area contributed by atoms with Crippen molar-refractivity contribution in [3.8, 4) is 0 Å². The second-order valence-corrected chi connectivity index (χ2v) is 3.86. The van der Waals surface area contributed by atoms with E-state index in [0.717, 1.165) is 5.56 Å². The van der Waals surface area contributed by atoms with Crippen LogP contribution in [0.4, 0.5) is 0 Å². The van der Waals surface area contributed by atoms with Crippen LogP contribution in [0.15, 0.2) is 41.4 Å². The standard InChI is InChI=1S/C13H17ClO3/c1-15-12(10-7-5-4-6-8-10)9-11(14)13(16-2)17-3/h4-9,12-13H,1-3H3/b11-9-. The van der Waals surface area contributed by atoms with E-state index in [-0.39, 0.29) is 6.10 Å². The van der Waals surface area contributed by atoms with Crippen molar-refractivity contribution in [2.45, 2.75) is 12.4 Å². The summed E-state index contributed by atoms with van der Waals surface area (Å²) in [6, 6.07) is 9.81. The van der Waals surface area contributed by atoms with Gasteiger partial charge in [-0.1, -0.05) is 41.9 Å². The van der Waals surface area contributed by atoms with Crippen molar-refractivity contribution in [2.75, 3.05) is 21.3 Å². The molecule has 0 fully saturated rings. The van der Waals surface area contributed by atoms with Gasteiger partial charge in [0.1, 0.15) is 6.10 Å². The van der Waals surface area contributed by atoms with Gasteiger partial charge in [0.15, 0.2) is 6.29 Å². The molecule has 17 heavy (non-hydrogen) atoms. The number of halogens is 1. The molecule has 4 heteroatoms. The van der Waals surface area contributed by atoms with Crippen molar-refractivity contribution in [3.63, 3.8) is 0 Å². The zero-order valence-electron chi connectivity index (χ0n) is 10.2. The minimum absolute atomic E-state index is 0.212. The Morgan fingerprint density at radius 1 is 1.06 bits per heavy atom. The van der Waals surface area contributed by atoms with E-state index in [2.05, 4.69) is 0 Å². The molecule has 0 amide bonds. The molecule has 0 saturated heterocycles. The van der Waals surface area contributed by atoms with E-state index in [1.54, 1.807) is 13.2 Å². The summed E-state index contributed by atoms with van der Waals surface area (Å²) < 4.78 is 15.5. The van der Waals surface area contributed by atoms with Crippen molar-refractivity contribution in [2.24, 2.45) is 0 Å². The lowest BCUT2D eigenvalue weighted by atomic mass is 10.1. The molecular formula is C13H17ClO3. The quantitative estimate of drug-likeness (QED) is 0.732. The van der Waals surface area contributed by atoms with Crippen LogP contribution in [0.3, 0.4) is 0 Å². The molecule has 0 aliphatic heterocycles. The summed E-state index contributed by atoms with van der Waals surface area (Å²) in [7, 11) is 4.70. The Bertz CT molecular complexity index is 347. The fraction of sp³-hybridized carbons (Fsp3) is 0.385. The van der Waals surface area contributed by atoms with Crippen molar-refractivity contribution >= 4 is 11.6 Å². The van der Waals surface area contributed by atoms with Crippen molar-refractivity contribution in [3.05, 3.63) is 47.0 Å². The molecular weight excluding hydrogens is 240 g/mol. The third-order valence-corrected chi connectivity index (χ3v) is 2.65. The van der Waals surface area contributed by atoms with E-state index in [1.165, 1.54) is 14.2 Å².